The Morgan fingerprint density at radius 1 is 1.22 bits per heavy atom. The lowest BCUT2D eigenvalue weighted by molar-refractivity contribution is -0.134. The van der Waals surface area contributed by atoms with Crippen LogP contribution in [0.4, 0.5) is 0 Å². The van der Waals surface area contributed by atoms with Gasteiger partial charge < -0.3 is 14.4 Å². The first-order chi connectivity index (χ1) is 11.3. The van der Waals surface area contributed by atoms with E-state index in [2.05, 4.69) is 22.3 Å². The zero-order valence-electron chi connectivity index (χ0n) is 13.0. The minimum atomic E-state index is 0.0143. The normalized spacial score (nSPS) is 24.2. The van der Waals surface area contributed by atoms with Gasteiger partial charge in [-0.15, -0.1) is 11.8 Å². The van der Waals surface area contributed by atoms with Crippen LogP contribution < -0.4 is 14.8 Å². The third-order valence-corrected chi connectivity index (χ3v) is 5.48. The minimum absolute atomic E-state index is 0.0143. The summed E-state index contributed by atoms with van der Waals surface area (Å²) in [5.74, 6) is 3.71. The van der Waals surface area contributed by atoms with Crippen LogP contribution in [-0.4, -0.2) is 66.4 Å². The highest BCUT2D eigenvalue weighted by atomic mass is 32.2. The summed E-state index contributed by atoms with van der Waals surface area (Å²) in [6, 6.07) is 6.13. The predicted octanol–water partition coefficient (Wildman–Crippen LogP) is 0.722. The molecule has 1 N–H and O–H groups in total. The quantitative estimate of drug-likeness (QED) is 0.879. The zero-order chi connectivity index (χ0) is 15.6. The van der Waals surface area contributed by atoms with Crippen LogP contribution in [0.25, 0.3) is 0 Å². The fourth-order valence-corrected chi connectivity index (χ4v) is 4.13. The van der Waals surface area contributed by atoms with Crippen molar-refractivity contribution in [2.24, 2.45) is 0 Å². The number of rotatable bonds is 3. The Morgan fingerprint density at radius 2 is 2.04 bits per heavy atom. The molecule has 3 aliphatic rings. The number of hydrogen-bond acceptors (Lipinski definition) is 6. The molecule has 1 amide bonds. The van der Waals surface area contributed by atoms with Gasteiger partial charge in [0, 0.05) is 44.4 Å². The second kappa shape index (κ2) is 6.59. The standard InChI is InChI=1S/C16H21N3O3S/c20-16(13-9-23-10-17-13)19-5-3-18(4-6-19)8-12-1-2-14-15(7-12)22-11-21-14/h1-2,7,13,17H,3-6,8-11H2. The molecule has 6 nitrogen and oxygen atoms in total. The van der Waals surface area contributed by atoms with Crippen LogP contribution in [0.3, 0.4) is 0 Å². The Labute approximate surface area is 140 Å². The molecule has 2 fully saturated rings. The highest BCUT2D eigenvalue weighted by molar-refractivity contribution is 7.99. The van der Waals surface area contributed by atoms with E-state index in [9.17, 15) is 4.79 Å². The predicted molar refractivity (Wildman–Crippen MR) is 88.7 cm³/mol. The Hall–Kier alpha value is -1.44. The van der Waals surface area contributed by atoms with Gasteiger partial charge in [-0.2, -0.15) is 0 Å². The smallest absolute Gasteiger partial charge is 0.240 e. The van der Waals surface area contributed by atoms with Crippen molar-refractivity contribution in [1.82, 2.24) is 15.1 Å². The van der Waals surface area contributed by atoms with Gasteiger partial charge in [-0.3, -0.25) is 15.0 Å². The summed E-state index contributed by atoms with van der Waals surface area (Å²) in [7, 11) is 0. The molecule has 7 heteroatoms. The van der Waals surface area contributed by atoms with Crippen molar-refractivity contribution in [1.29, 1.82) is 0 Å². The van der Waals surface area contributed by atoms with Gasteiger partial charge in [0.25, 0.3) is 0 Å². The molecule has 0 saturated carbocycles. The van der Waals surface area contributed by atoms with E-state index in [1.807, 2.05) is 11.0 Å². The number of ether oxygens (including phenoxy) is 2. The van der Waals surface area contributed by atoms with Crippen LogP contribution in [0, 0.1) is 0 Å². The highest BCUT2D eigenvalue weighted by Gasteiger charge is 2.29. The van der Waals surface area contributed by atoms with Gasteiger partial charge in [-0.25, -0.2) is 0 Å². The lowest BCUT2D eigenvalue weighted by Gasteiger charge is -2.35. The molecule has 3 heterocycles. The van der Waals surface area contributed by atoms with E-state index in [1.165, 1.54) is 5.56 Å². The van der Waals surface area contributed by atoms with Gasteiger partial charge in [0.15, 0.2) is 11.5 Å². The van der Waals surface area contributed by atoms with Gasteiger partial charge in [-0.1, -0.05) is 6.07 Å². The van der Waals surface area contributed by atoms with Crippen LogP contribution in [0.5, 0.6) is 11.5 Å². The van der Waals surface area contributed by atoms with Crippen molar-refractivity contribution >= 4 is 17.7 Å². The summed E-state index contributed by atoms with van der Waals surface area (Å²) >= 11 is 1.80. The number of hydrogen-bond donors (Lipinski definition) is 1. The number of nitrogens with zero attached hydrogens (tertiary/aromatic N) is 2. The molecule has 124 valence electrons. The van der Waals surface area contributed by atoms with E-state index < -0.39 is 0 Å². The van der Waals surface area contributed by atoms with Crippen molar-refractivity contribution in [3.8, 4) is 11.5 Å². The molecule has 0 spiro atoms. The number of thioether (sulfide) groups is 1. The van der Waals surface area contributed by atoms with Gasteiger partial charge in [0.05, 0.1) is 6.04 Å². The van der Waals surface area contributed by atoms with Crippen LogP contribution in [0.15, 0.2) is 18.2 Å². The van der Waals surface area contributed by atoms with Gasteiger partial charge in [0.1, 0.15) is 0 Å². The Morgan fingerprint density at radius 3 is 2.83 bits per heavy atom. The fraction of sp³-hybridized carbons (Fsp3) is 0.562. The molecular formula is C16H21N3O3S. The van der Waals surface area contributed by atoms with Crippen molar-refractivity contribution in [3.05, 3.63) is 23.8 Å². The number of piperazine rings is 1. The molecule has 0 aliphatic carbocycles. The number of fused-ring (bicyclic) bond motifs is 1. The molecule has 4 rings (SSSR count). The van der Waals surface area contributed by atoms with E-state index in [1.54, 1.807) is 11.8 Å². The van der Waals surface area contributed by atoms with E-state index >= 15 is 0 Å². The van der Waals surface area contributed by atoms with E-state index in [4.69, 9.17) is 9.47 Å². The third-order valence-electron chi connectivity index (χ3n) is 4.54. The maximum absolute atomic E-state index is 12.4. The van der Waals surface area contributed by atoms with E-state index in [0.29, 0.717) is 6.79 Å². The summed E-state index contributed by atoms with van der Waals surface area (Å²) < 4.78 is 10.8. The van der Waals surface area contributed by atoms with E-state index in [0.717, 1.165) is 55.9 Å². The molecule has 1 unspecified atom stereocenters. The second-order valence-corrected chi connectivity index (χ2v) is 7.09. The molecule has 0 radical (unpaired) electrons. The first-order valence-corrected chi connectivity index (χ1v) is 9.16. The second-order valence-electron chi connectivity index (χ2n) is 6.06. The SMILES string of the molecule is O=C(C1CSCN1)N1CCN(Cc2ccc3c(c2)OCO3)CC1. The van der Waals surface area contributed by atoms with Crippen molar-refractivity contribution in [2.45, 2.75) is 12.6 Å². The number of benzene rings is 1. The number of carbonyl (C=O) groups excluding carboxylic acids is 1. The Bertz CT molecular complexity index is 584. The average molecular weight is 335 g/mol. The number of carbonyl (C=O) groups is 1. The summed E-state index contributed by atoms with van der Waals surface area (Å²) in [6.45, 7) is 4.65. The minimum Gasteiger partial charge on any atom is -0.454 e. The molecule has 2 saturated heterocycles. The van der Waals surface area contributed by atoms with Gasteiger partial charge in [-0.05, 0) is 17.7 Å². The van der Waals surface area contributed by atoms with Crippen molar-refractivity contribution < 1.29 is 14.3 Å². The molecule has 3 aliphatic heterocycles. The largest absolute Gasteiger partial charge is 0.454 e. The fourth-order valence-electron chi connectivity index (χ4n) is 3.20. The summed E-state index contributed by atoms with van der Waals surface area (Å²) in [5.41, 5.74) is 1.22. The first-order valence-electron chi connectivity index (χ1n) is 8.00. The molecule has 1 atom stereocenters. The van der Waals surface area contributed by atoms with Crippen LogP contribution in [-0.2, 0) is 11.3 Å². The van der Waals surface area contributed by atoms with Gasteiger partial charge in [0.2, 0.25) is 12.7 Å². The van der Waals surface area contributed by atoms with E-state index in [-0.39, 0.29) is 11.9 Å². The zero-order valence-corrected chi connectivity index (χ0v) is 13.8. The van der Waals surface area contributed by atoms with Crippen LogP contribution in [0.1, 0.15) is 5.56 Å². The monoisotopic (exact) mass is 335 g/mol. The molecule has 1 aromatic carbocycles. The summed E-state index contributed by atoms with van der Waals surface area (Å²) in [4.78, 5) is 16.8. The Kier molecular flexibility index (Phi) is 4.33. The number of nitrogens with one attached hydrogen (secondary N) is 1. The van der Waals surface area contributed by atoms with Crippen LogP contribution in [0.2, 0.25) is 0 Å². The maximum atomic E-state index is 12.4. The lowest BCUT2D eigenvalue weighted by atomic mass is 10.1. The molecule has 0 aromatic heterocycles. The molecule has 0 bridgehead atoms. The molecule has 23 heavy (non-hydrogen) atoms. The molecule has 1 aromatic rings. The maximum Gasteiger partial charge on any atom is 0.240 e. The number of amides is 1. The van der Waals surface area contributed by atoms with Crippen molar-refractivity contribution in [2.75, 3.05) is 44.6 Å². The summed E-state index contributed by atoms with van der Waals surface area (Å²) in [6.07, 6.45) is 0. The lowest BCUT2D eigenvalue weighted by Crippen LogP contribution is -2.53. The summed E-state index contributed by atoms with van der Waals surface area (Å²) in [5, 5.41) is 3.26. The molecular weight excluding hydrogens is 314 g/mol. The topological polar surface area (TPSA) is 54.0 Å². The average Bonchev–Trinajstić information content (AvgIpc) is 3.26. The van der Waals surface area contributed by atoms with Gasteiger partial charge >= 0.3 is 0 Å². The van der Waals surface area contributed by atoms with Crippen molar-refractivity contribution in [3.63, 3.8) is 0 Å². The Balaban J connectivity index is 1.30. The highest BCUT2D eigenvalue weighted by Crippen LogP contribution is 2.32. The first kappa shape index (κ1) is 15.1. The third kappa shape index (κ3) is 3.27. The van der Waals surface area contributed by atoms with Crippen LogP contribution >= 0.6 is 11.8 Å².